The predicted molar refractivity (Wildman–Crippen MR) is 78.8 cm³/mol. The van der Waals surface area contributed by atoms with Gasteiger partial charge in [-0.1, -0.05) is 6.07 Å². The lowest BCUT2D eigenvalue weighted by Crippen LogP contribution is -2.14. The number of carbonyl (C=O) groups is 1. The Labute approximate surface area is 123 Å². The molecule has 1 heterocycles. The normalized spacial score (nSPS) is 16.3. The molecule has 0 saturated carbocycles. The first-order valence-electron chi connectivity index (χ1n) is 6.90. The van der Waals surface area contributed by atoms with Gasteiger partial charge in [0.15, 0.2) is 0 Å². The van der Waals surface area contributed by atoms with Gasteiger partial charge in [-0.15, -0.1) is 0 Å². The van der Waals surface area contributed by atoms with Crippen LogP contribution in [-0.4, -0.2) is 10.9 Å². The lowest BCUT2D eigenvalue weighted by molar-refractivity contribution is 0.0999. The highest BCUT2D eigenvalue weighted by molar-refractivity contribution is 5.93. The molecule has 0 spiro atoms. The fourth-order valence-electron chi connectivity index (χ4n) is 3.01. The molecule has 0 aliphatic heterocycles. The molecule has 1 amide bonds. The number of nitrogens with two attached hydrogens (primary N) is 1. The molecule has 1 atom stereocenters. The topological polar surface area (TPSA) is 79.8 Å². The lowest BCUT2D eigenvalue weighted by atomic mass is 9.95. The number of primary amides is 1. The molecule has 4 heteroatoms. The van der Waals surface area contributed by atoms with Crippen molar-refractivity contribution in [2.24, 2.45) is 5.73 Å². The Balaban J connectivity index is 2.03. The molecule has 0 unspecified atom stereocenters. The molecule has 1 aliphatic rings. The minimum Gasteiger partial charge on any atom is -0.366 e. The number of amides is 1. The van der Waals surface area contributed by atoms with Gasteiger partial charge < -0.3 is 5.73 Å². The van der Waals surface area contributed by atoms with E-state index < -0.39 is 5.91 Å². The highest BCUT2D eigenvalue weighted by atomic mass is 16.1. The van der Waals surface area contributed by atoms with Crippen molar-refractivity contribution in [3.63, 3.8) is 0 Å². The molecule has 21 heavy (non-hydrogen) atoms. The molecule has 1 aromatic heterocycles. The van der Waals surface area contributed by atoms with Crippen LogP contribution >= 0.6 is 0 Å². The number of fused-ring (bicyclic) bond motifs is 1. The number of hydrogen-bond donors (Lipinski definition) is 1. The predicted octanol–water partition coefficient (Wildman–Crippen LogP) is 2.44. The van der Waals surface area contributed by atoms with E-state index in [0.29, 0.717) is 16.8 Å². The van der Waals surface area contributed by atoms with Crippen molar-refractivity contribution in [2.45, 2.75) is 25.7 Å². The summed E-state index contributed by atoms with van der Waals surface area (Å²) in [6.45, 7) is 1.80. The standard InChI is InChI=1S/C17H15N3O/c1-10-13(17(19)21)6-7-16(20-10)14-5-4-12-3-2-11(9-18)8-15(12)14/h2-3,6-8,14H,4-5H2,1H3,(H2,19,21)/t14-/m1/s1. The Kier molecular flexibility index (Phi) is 3.19. The van der Waals surface area contributed by atoms with Gasteiger partial charge in [-0.25, -0.2) is 0 Å². The molecule has 0 radical (unpaired) electrons. The van der Waals surface area contributed by atoms with Crippen LogP contribution in [0.3, 0.4) is 0 Å². The Morgan fingerprint density at radius 3 is 2.86 bits per heavy atom. The first-order chi connectivity index (χ1) is 10.1. The summed E-state index contributed by atoms with van der Waals surface area (Å²) in [6.07, 6.45) is 1.97. The number of rotatable bonds is 2. The monoisotopic (exact) mass is 277 g/mol. The summed E-state index contributed by atoms with van der Waals surface area (Å²) in [4.78, 5) is 15.8. The first kappa shape index (κ1) is 13.3. The third-order valence-electron chi connectivity index (χ3n) is 4.08. The first-order valence-corrected chi connectivity index (χ1v) is 6.90. The minimum absolute atomic E-state index is 0.189. The zero-order valence-corrected chi connectivity index (χ0v) is 11.8. The maximum absolute atomic E-state index is 11.3. The summed E-state index contributed by atoms with van der Waals surface area (Å²) in [7, 11) is 0. The molecular weight excluding hydrogens is 262 g/mol. The van der Waals surface area contributed by atoms with Gasteiger partial charge in [-0.3, -0.25) is 9.78 Å². The minimum atomic E-state index is -0.454. The van der Waals surface area contributed by atoms with Gasteiger partial charge >= 0.3 is 0 Å². The van der Waals surface area contributed by atoms with E-state index in [1.165, 1.54) is 11.1 Å². The fourth-order valence-corrected chi connectivity index (χ4v) is 3.01. The molecule has 0 bridgehead atoms. The van der Waals surface area contributed by atoms with Gasteiger partial charge in [0.2, 0.25) is 0 Å². The third-order valence-corrected chi connectivity index (χ3v) is 4.08. The van der Waals surface area contributed by atoms with Gasteiger partial charge in [-0.2, -0.15) is 5.26 Å². The van der Waals surface area contributed by atoms with Crippen LogP contribution in [0.2, 0.25) is 0 Å². The summed E-state index contributed by atoms with van der Waals surface area (Å²) < 4.78 is 0. The number of pyridine rings is 1. The fraction of sp³-hybridized carbons (Fsp3) is 0.235. The summed E-state index contributed by atoms with van der Waals surface area (Å²) in [5.41, 5.74) is 10.5. The molecule has 104 valence electrons. The second kappa shape index (κ2) is 5.02. The van der Waals surface area contributed by atoms with E-state index in [-0.39, 0.29) is 5.92 Å². The van der Waals surface area contributed by atoms with Gasteiger partial charge in [0, 0.05) is 11.6 Å². The van der Waals surface area contributed by atoms with Gasteiger partial charge in [-0.05, 0) is 55.2 Å². The maximum Gasteiger partial charge on any atom is 0.250 e. The van der Waals surface area contributed by atoms with E-state index >= 15 is 0 Å². The van der Waals surface area contributed by atoms with Crippen LogP contribution in [0, 0.1) is 18.3 Å². The number of hydrogen-bond acceptors (Lipinski definition) is 3. The Morgan fingerprint density at radius 1 is 1.38 bits per heavy atom. The van der Waals surface area contributed by atoms with Crippen LogP contribution in [0.4, 0.5) is 0 Å². The zero-order chi connectivity index (χ0) is 15.0. The highest BCUT2D eigenvalue weighted by Gasteiger charge is 2.26. The number of aryl methyl sites for hydroxylation is 2. The van der Waals surface area contributed by atoms with Crippen LogP contribution in [0.5, 0.6) is 0 Å². The SMILES string of the molecule is Cc1nc([C@@H]2CCc3ccc(C#N)cc32)ccc1C(N)=O. The number of aromatic nitrogens is 1. The van der Waals surface area contributed by atoms with Crippen LogP contribution in [0.1, 0.15) is 50.8 Å². The van der Waals surface area contributed by atoms with E-state index in [9.17, 15) is 4.79 Å². The molecule has 1 aromatic carbocycles. The Hall–Kier alpha value is -2.67. The molecule has 0 saturated heterocycles. The van der Waals surface area contributed by atoms with Gasteiger partial charge in [0.25, 0.3) is 5.91 Å². The summed E-state index contributed by atoms with van der Waals surface area (Å²) in [6, 6.07) is 11.6. The van der Waals surface area contributed by atoms with Gasteiger partial charge in [0.05, 0.1) is 22.9 Å². The molecule has 1 aliphatic carbocycles. The van der Waals surface area contributed by atoms with E-state index in [1.807, 2.05) is 24.3 Å². The van der Waals surface area contributed by atoms with E-state index in [4.69, 9.17) is 11.0 Å². The smallest absolute Gasteiger partial charge is 0.250 e. The molecule has 3 rings (SSSR count). The summed E-state index contributed by atoms with van der Waals surface area (Å²) >= 11 is 0. The second-order valence-corrected chi connectivity index (χ2v) is 5.35. The zero-order valence-electron chi connectivity index (χ0n) is 11.8. The highest BCUT2D eigenvalue weighted by Crippen LogP contribution is 2.37. The van der Waals surface area contributed by atoms with Crippen LogP contribution in [0.15, 0.2) is 30.3 Å². The largest absolute Gasteiger partial charge is 0.366 e. The van der Waals surface area contributed by atoms with E-state index in [2.05, 4.69) is 11.1 Å². The number of carbonyl (C=O) groups excluding carboxylic acids is 1. The van der Waals surface area contributed by atoms with Crippen molar-refractivity contribution in [2.75, 3.05) is 0 Å². The molecule has 0 fully saturated rings. The van der Waals surface area contributed by atoms with Gasteiger partial charge in [0.1, 0.15) is 0 Å². The van der Waals surface area contributed by atoms with Crippen molar-refractivity contribution < 1.29 is 4.79 Å². The molecular formula is C17H15N3O. The number of nitriles is 1. The lowest BCUT2D eigenvalue weighted by Gasteiger charge is -2.13. The van der Waals surface area contributed by atoms with Crippen molar-refractivity contribution in [3.05, 3.63) is 64.0 Å². The summed E-state index contributed by atoms with van der Waals surface area (Å²) in [5.74, 6) is -0.265. The van der Waals surface area contributed by atoms with Crippen molar-refractivity contribution in [1.82, 2.24) is 4.98 Å². The quantitative estimate of drug-likeness (QED) is 0.915. The van der Waals surface area contributed by atoms with Crippen molar-refractivity contribution in [1.29, 1.82) is 5.26 Å². The Bertz CT molecular complexity index is 774. The maximum atomic E-state index is 11.3. The molecule has 2 N–H and O–H groups in total. The second-order valence-electron chi connectivity index (χ2n) is 5.35. The van der Waals surface area contributed by atoms with Crippen LogP contribution < -0.4 is 5.73 Å². The molecule has 4 nitrogen and oxygen atoms in total. The van der Waals surface area contributed by atoms with Crippen molar-refractivity contribution >= 4 is 5.91 Å². The summed E-state index contributed by atoms with van der Waals surface area (Å²) in [5, 5.41) is 9.05. The number of benzene rings is 1. The third kappa shape index (κ3) is 2.27. The Morgan fingerprint density at radius 2 is 2.19 bits per heavy atom. The average molecular weight is 277 g/mol. The van der Waals surface area contributed by atoms with Crippen molar-refractivity contribution in [3.8, 4) is 6.07 Å². The van der Waals surface area contributed by atoms with Crippen LogP contribution in [-0.2, 0) is 6.42 Å². The van der Waals surface area contributed by atoms with E-state index in [0.717, 1.165) is 18.5 Å². The van der Waals surface area contributed by atoms with E-state index in [1.54, 1.807) is 13.0 Å². The van der Waals surface area contributed by atoms with Crippen LogP contribution in [0.25, 0.3) is 0 Å². The molecule has 2 aromatic rings. The average Bonchev–Trinajstić information content (AvgIpc) is 2.89. The number of nitrogens with zero attached hydrogens (tertiary/aromatic N) is 2.